The third-order valence-corrected chi connectivity index (χ3v) is 3.87. The zero-order valence-corrected chi connectivity index (χ0v) is 15.8. The summed E-state index contributed by atoms with van der Waals surface area (Å²) >= 11 is 11.8. The molecular formula is C18H18Cl2N2O4. The number of halogens is 2. The van der Waals surface area contributed by atoms with E-state index in [1.807, 2.05) is 0 Å². The van der Waals surface area contributed by atoms with Crippen molar-refractivity contribution in [2.45, 2.75) is 0 Å². The highest BCUT2D eigenvalue weighted by Crippen LogP contribution is 2.27. The molecule has 0 heterocycles. The maximum Gasteiger partial charge on any atom is 0.260 e. The van der Waals surface area contributed by atoms with Gasteiger partial charge in [-0.05, 0) is 36.4 Å². The van der Waals surface area contributed by atoms with Crippen molar-refractivity contribution in [2.75, 3.05) is 32.6 Å². The lowest BCUT2D eigenvalue weighted by Crippen LogP contribution is -2.37. The van der Waals surface area contributed by atoms with Gasteiger partial charge in [0.25, 0.3) is 5.91 Å². The van der Waals surface area contributed by atoms with Crippen molar-refractivity contribution in [3.05, 3.63) is 52.5 Å². The predicted octanol–water partition coefficient (Wildman–Crippen LogP) is 3.48. The highest BCUT2D eigenvalue weighted by Gasteiger charge is 2.15. The van der Waals surface area contributed by atoms with Crippen LogP contribution in [-0.2, 0) is 9.59 Å². The molecule has 0 saturated heterocycles. The number of carbonyl (C=O) groups is 2. The lowest BCUT2D eigenvalue weighted by molar-refractivity contribution is -0.135. The van der Waals surface area contributed by atoms with Crippen LogP contribution in [0.5, 0.6) is 11.5 Å². The van der Waals surface area contributed by atoms with Gasteiger partial charge in [0, 0.05) is 17.1 Å². The van der Waals surface area contributed by atoms with Crippen LogP contribution in [0, 0.1) is 0 Å². The van der Waals surface area contributed by atoms with Gasteiger partial charge >= 0.3 is 0 Å². The number of benzene rings is 2. The first kappa shape index (κ1) is 19.9. The summed E-state index contributed by atoms with van der Waals surface area (Å²) in [7, 11) is 3.00. The van der Waals surface area contributed by atoms with E-state index in [1.54, 1.807) is 42.5 Å². The molecule has 0 bridgehead atoms. The van der Waals surface area contributed by atoms with Gasteiger partial charge in [-0.1, -0.05) is 29.3 Å². The van der Waals surface area contributed by atoms with E-state index >= 15 is 0 Å². The standard InChI is InChI=1S/C18H18Cl2N2O4/c1-22(18(24)11-26-14-5-3-4-12(19)8-14)10-17(23)21-15-9-13(20)6-7-16(15)25-2/h3-9H,10-11H2,1-2H3,(H,21,23). The van der Waals surface area contributed by atoms with Gasteiger partial charge in [0.15, 0.2) is 6.61 Å². The van der Waals surface area contributed by atoms with Crippen LogP contribution >= 0.6 is 23.2 Å². The second kappa shape index (κ2) is 9.31. The third kappa shape index (κ3) is 5.82. The molecule has 0 aromatic heterocycles. The van der Waals surface area contributed by atoms with Crippen molar-refractivity contribution in [3.8, 4) is 11.5 Å². The van der Waals surface area contributed by atoms with Gasteiger partial charge in [-0.3, -0.25) is 9.59 Å². The molecule has 0 aliphatic heterocycles. The summed E-state index contributed by atoms with van der Waals surface area (Å²) in [6, 6.07) is 11.6. The van der Waals surface area contributed by atoms with Crippen LogP contribution in [0.2, 0.25) is 10.0 Å². The first-order chi connectivity index (χ1) is 12.4. The number of amides is 2. The van der Waals surface area contributed by atoms with Crippen molar-refractivity contribution in [1.29, 1.82) is 0 Å². The Morgan fingerprint density at radius 2 is 1.85 bits per heavy atom. The Morgan fingerprint density at radius 3 is 2.54 bits per heavy atom. The Balaban J connectivity index is 1.88. The minimum atomic E-state index is -0.385. The van der Waals surface area contributed by atoms with Gasteiger partial charge < -0.3 is 19.7 Å². The predicted molar refractivity (Wildman–Crippen MR) is 101 cm³/mol. The van der Waals surface area contributed by atoms with E-state index in [1.165, 1.54) is 19.1 Å². The fourth-order valence-electron chi connectivity index (χ4n) is 2.08. The molecule has 0 aliphatic carbocycles. The van der Waals surface area contributed by atoms with Crippen molar-refractivity contribution in [2.24, 2.45) is 0 Å². The number of nitrogens with zero attached hydrogens (tertiary/aromatic N) is 1. The average molecular weight is 397 g/mol. The van der Waals surface area contributed by atoms with Crippen molar-refractivity contribution in [1.82, 2.24) is 4.90 Å². The fourth-order valence-corrected chi connectivity index (χ4v) is 2.44. The van der Waals surface area contributed by atoms with Gasteiger partial charge in [0.05, 0.1) is 19.3 Å². The Labute approximate surface area is 161 Å². The number of hydrogen-bond donors (Lipinski definition) is 1. The average Bonchev–Trinajstić information content (AvgIpc) is 2.59. The zero-order valence-electron chi connectivity index (χ0n) is 14.3. The van der Waals surface area contributed by atoms with E-state index < -0.39 is 0 Å². The van der Waals surface area contributed by atoms with Crippen LogP contribution in [0.1, 0.15) is 0 Å². The molecule has 0 unspecified atom stereocenters. The molecule has 2 aromatic carbocycles. The smallest absolute Gasteiger partial charge is 0.260 e. The van der Waals surface area contributed by atoms with Gasteiger partial charge in [-0.15, -0.1) is 0 Å². The van der Waals surface area contributed by atoms with Crippen LogP contribution in [0.3, 0.4) is 0 Å². The van der Waals surface area contributed by atoms with Gasteiger partial charge in [0.1, 0.15) is 11.5 Å². The topological polar surface area (TPSA) is 67.9 Å². The molecule has 1 N–H and O–H groups in total. The molecule has 2 amide bonds. The van der Waals surface area contributed by atoms with Crippen LogP contribution < -0.4 is 14.8 Å². The highest BCUT2D eigenvalue weighted by atomic mass is 35.5. The molecule has 0 aliphatic rings. The Bertz CT molecular complexity index is 799. The largest absolute Gasteiger partial charge is 0.495 e. The Hall–Kier alpha value is -2.44. The van der Waals surface area contributed by atoms with E-state index in [2.05, 4.69) is 5.32 Å². The molecule has 8 heteroatoms. The summed E-state index contributed by atoms with van der Waals surface area (Å²) in [6.07, 6.45) is 0. The molecule has 26 heavy (non-hydrogen) atoms. The van der Waals surface area contributed by atoms with Gasteiger partial charge in [-0.2, -0.15) is 0 Å². The summed E-state index contributed by atoms with van der Waals surface area (Å²) in [6.45, 7) is -0.349. The molecule has 2 aromatic rings. The quantitative estimate of drug-likeness (QED) is 0.777. The van der Waals surface area contributed by atoms with Gasteiger partial charge in [0.2, 0.25) is 5.91 Å². The molecule has 0 fully saturated rings. The molecule has 0 saturated carbocycles. The van der Waals surface area contributed by atoms with Crippen LogP contribution in [0.15, 0.2) is 42.5 Å². The summed E-state index contributed by atoms with van der Waals surface area (Å²) in [5.74, 6) is 0.218. The van der Waals surface area contributed by atoms with E-state index in [4.69, 9.17) is 32.7 Å². The molecule has 0 spiro atoms. The maximum atomic E-state index is 12.2. The molecule has 0 radical (unpaired) electrons. The summed E-state index contributed by atoms with van der Waals surface area (Å²) in [5.41, 5.74) is 0.432. The first-order valence-electron chi connectivity index (χ1n) is 7.64. The number of ether oxygens (including phenoxy) is 2. The molecule has 0 atom stereocenters. The zero-order chi connectivity index (χ0) is 19.1. The molecule has 138 valence electrons. The monoisotopic (exact) mass is 396 g/mol. The number of nitrogens with one attached hydrogen (secondary N) is 1. The van der Waals surface area contributed by atoms with Crippen LogP contribution in [-0.4, -0.2) is 44.0 Å². The number of methoxy groups -OCH3 is 1. The minimum absolute atomic E-state index is 0.145. The molecular weight excluding hydrogens is 379 g/mol. The number of hydrogen-bond acceptors (Lipinski definition) is 4. The van der Waals surface area contributed by atoms with Gasteiger partial charge in [-0.25, -0.2) is 0 Å². The van der Waals surface area contributed by atoms with Crippen molar-refractivity contribution < 1.29 is 19.1 Å². The number of carbonyl (C=O) groups excluding carboxylic acids is 2. The van der Waals surface area contributed by atoms with E-state index in [9.17, 15) is 9.59 Å². The molecule has 6 nitrogen and oxygen atoms in total. The number of likely N-dealkylation sites (N-methyl/N-ethyl adjacent to an activating group) is 1. The summed E-state index contributed by atoms with van der Waals surface area (Å²) in [5, 5.41) is 3.64. The van der Waals surface area contributed by atoms with E-state index in [0.717, 1.165) is 0 Å². The maximum absolute atomic E-state index is 12.2. The fraction of sp³-hybridized carbons (Fsp3) is 0.222. The number of anilines is 1. The van der Waals surface area contributed by atoms with Crippen LogP contribution in [0.4, 0.5) is 5.69 Å². The minimum Gasteiger partial charge on any atom is -0.495 e. The number of rotatable bonds is 7. The Morgan fingerprint density at radius 1 is 1.12 bits per heavy atom. The summed E-state index contributed by atoms with van der Waals surface area (Å²) in [4.78, 5) is 25.5. The first-order valence-corrected chi connectivity index (χ1v) is 8.40. The highest BCUT2D eigenvalue weighted by molar-refractivity contribution is 6.31. The Kier molecular flexibility index (Phi) is 7.12. The van der Waals surface area contributed by atoms with Crippen LogP contribution in [0.25, 0.3) is 0 Å². The normalized spacial score (nSPS) is 10.2. The second-order valence-corrected chi connectivity index (χ2v) is 6.26. The lowest BCUT2D eigenvalue weighted by atomic mass is 10.3. The van der Waals surface area contributed by atoms with E-state index in [0.29, 0.717) is 27.2 Å². The van der Waals surface area contributed by atoms with Crippen molar-refractivity contribution in [3.63, 3.8) is 0 Å². The summed E-state index contributed by atoms with van der Waals surface area (Å²) < 4.78 is 10.5. The lowest BCUT2D eigenvalue weighted by Gasteiger charge is -2.18. The SMILES string of the molecule is COc1ccc(Cl)cc1NC(=O)CN(C)C(=O)COc1cccc(Cl)c1. The second-order valence-electron chi connectivity index (χ2n) is 5.39. The van der Waals surface area contributed by atoms with E-state index in [-0.39, 0.29) is 25.0 Å². The van der Waals surface area contributed by atoms with Crippen molar-refractivity contribution >= 4 is 40.7 Å². The molecule has 2 rings (SSSR count). The third-order valence-electron chi connectivity index (χ3n) is 3.40.